The highest BCUT2D eigenvalue weighted by atomic mass is 16.5. The smallest absolute Gasteiger partial charge is 0.350 e. The quantitative estimate of drug-likeness (QED) is 0.540. The fourth-order valence-corrected chi connectivity index (χ4v) is 0.814. The van der Waals surface area contributed by atoms with E-state index in [-0.39, 0.29) is 11.8 Å². The Morgan fingerprint density at radius 2 is 2.27 bits per heavy atom. The van der Waals surface area contributed by atoms with Crippen LogP contribution >= 0.6 is 0 Å². The zero-order valence-electron chi connectivity index (χ0n) is 9.36. The molecule has 4 nitrogen and oxygen atoms in total. The Bertz CT molecular complexity index is 292. The lowest BCUT2D eigenvalue weighted by atomic mass is 10.3. The first-order chi connectivity index (χ1) is 7.01. The molecule has 0 saturated carbocycles. The minimum absolute atomic E-state index is 0.0353. The summed E-state index contributed by atoms with van der Waals surface area (Å²) in [6.07, 6.45) is 3.75. The molecule has 0 aromatic heterocycles. The molecular weight excluding hydrogens is 194 g/mol. The molecule has 0 bridgehead atoms. The van der Waals surface area contributed by atoms with Crippen LogP contribution < -0.4 is 0 Å². The summed E-state index contributed by atoms with van der Waals surface area (Å²) in [5.74, 6) is -1.01. The van der Waals surface area contributed by atoms with Gasteiger partial charge in [0.1, 0.15) is 5.71 Å². The Balaban J connectivity index is 4.47. The van der Waals surface area contributed by atoms with Crippen LogP contribution in [-0.4, -0.2) is 30.0 Å². The van der Waals surface area contributed by atoms with Crippen LogP contribution in [0.4, 0.5) is 0 Å². The highest BCUT2D eigenvalue weighted by molar-refractivity contribution is 6.35. The Kier molecular flexibility index (Phi) is 6.29. The molecule has 1 atom stereocenters. The first-order valence-electron chi connectivity index (χ1n) is 4.72. The van der Waals surface area contributed by atoms with Crippen LogP contribution in [0.25, 0.3) is 0 Å². The standard InChI is InChI=1S/C11H17NO3/c1-5-10(11(13)14)12-8(2)6-7-9(3)15-4/h6-7,9H,2,5H2,1,3-4H3,(H,13,14)/b7-6-,12-10?. The van der Waals surface area contributed by atoms with Crippen LogP contribution in [0, 0.1) is 0 Å². The number of hydrogen-bond donors (Lipinski definition) is 1. The van der Waals surface area contributed by atoms with Gasteiger partial charge in [0, 0.05) is 7.11 Å². The number of carboxylic acid groups (broad SMARTS) is 1. The number of carbonyl (C=O) groups is 1. The lowest BCUT2D eigenvalue weighted by Crippen LogP contribution is -2.11. The maximum atomic E-state index is 10.6. The summed E-state index contributed by atoms with van der Waals surface area (Å²) in [7, 11) is 1.59. The molecule has 0 aromatic carbocycles. The minimum atomic E-state index is -1.01. The lowest BCUT2D eigenvalue weighted by molar-refractivity contribution is -0.129. The molecular formula is C11H17NO3. The molecule has 0 spiro atoms. The summed E-state index contributed by atoms with van der Waals surface area (Å²) in [6.45, 7) is 7.24. The van der Waals surface area contributed by atoms with Gasteiger partial charge in [0.05, 0.1) is 11.8 Å². The average Bonchev–Trinajstić information content (AvgIpc) is 2.21. The molecule has 0 aliphatic rings. The molecule has 1 N–H and O–H groups in total. The fourth-order valence-electron chi connectivity index (χ4n) is 0.814. The number of nitrogens with zero attached hydrogens (tertiary/aromatic N) is 1. The van der Waals surface area contributed by atoms with Crippen LogP contribution in [0.1, 0.15) is 20.3 Å². The number of methoxy groups -OCH3 is 1. The van der Waals surface area contributed by atoms with E-state index in [4.69, 9.17) is 9.84 Å². The summed E-state index contributed by atoms with van der Waals surface area (Å²) in [5, 5.41) is 8.73. The number of aliphatic imine (C=N–C) groups is 1. The number of aliphatic carboxylic acids is 1. The van der Waals surface area contributed by atoms with Gasteiger partial charge in [0.15, 0.2) is 0 Å². The summed E-state index contributed by atoms with van der Waals surface area (Å²) < 4.78 is 4.99. The van der Waals surface area contributed by atoms with Crippen molar-refractivity contribution in [2.45, 2.75) is 26.4 Å². The molecule has 4 heteroatoms. The zero-order chi connectivity index (χ0) is 11.8. The van der Waals surface area contributed by atoms with Gasteiger partial charge in [-0.15, -0.1) is 0 Å². The van der Waals surface area contributed by atoms with Gasteiger partial charge in [-0.1, -0.05) is 19.6 Å². The van der Waals surface area contributed by atoms with Gasteiger partial charge >= 0.3 is 5.97 Å². The van der Waals surface area contributed by atoms with E-state index in [0.29, 0.717) is 12.1 Å². The van der Waals surface area contributed by atoms with E-state index >= 15 is 0 Å². The van der Waals surface area contributed by atoms with Gasteiger partial charge in [0.25, 0.3) is 0 Å². The van der Waals surface area contributed by atoms with Gasteiger partial charge < -0.3 is 9.84 Å². The van der Waals surface area contributed by atoms with E-state index in [1.54, 1.807) is 26.2 Å². The molecule has 1 unspecified atom stereocenters. The third-order valence-electron chi connectivity index (χ3n) is 1.79. The fraction of sp³-hybridized carbons (Fsp3) is 0.455. The molecule has 0 amide bonds. The largest absolute Gasteiger partial charge is 0.477 e. The van der Waals surface area contributed by atoms with Crippen molar-refractivity contribution in [1.29, 1.82) is 0 Å². The minimum Gasteiger partial charge on any atom is -0.477 e. The van der Waals surface area contributed by atoms with Gasteiger partial charge in [0.2, 0.25) is 0 Å². The molecule has 0 aliphatic heterocycles. The Labute approximate surface area is 90.0 Å². The predicted molar refractivity (Wildman–Crippen MR) is 60.1 cm³/mol. The van der Waals surface area contributed by atoms with Crippen LogP contribution in [-0.2, 0) is 9.53 Å². The van der Waals surface area contributed by atoms with E-state index < -0.39 is 5.97 Å². The predicted octanol–water partition coefficient (Wildman–Crippen LogP) is 2.03. The molecule has 0 fully saturated rings. The van der Waals surface area contributed by atoms with E-state index in [2.05, 4.69) is 11.6 Å². The second kappa shape index (κ2) is 6.95. The van der Waals surface area contributed by atoms with Crippen molar-refractivity contribution in [2.24, 2.45) is 4.99 Å². The highest BCUT2D eigenvalue weighted by Gasteiger charge is 2.05. The summed E-state index contributed by atoms with van der Waals surface area (Å²) in [6, 6.07) is 0. The summed E-state index contributed by atoms with van der Waals surface area (Å²) >= 11 is 0. The molecule has 0 aliphatic carbocycles. The molecule has 0 heterocycles. The summed E-state index contributed by atoms with van der Waals surface area (Å²) in [4.78, 5) is 14.5. The average molecular weight is 211 g/mol. The van der Waals surface area contributed by atoms with Crippen molar-refractivity contribution in [2.75, 3.05) is 7.11 Å². The third kappa shape index (κ3) is 5.80. The SMILES string of the molecule is C=C(/C=C\C(C)OC)N=C(CC)C(=O)O. The van der Waals surface area contributed by atoms with Crippen LogP contribution in [0.3, 0.4) is 0 Å². The van der Waals surface area contributed by atoms with Crippen LogP contribution in [0.2, 0.25) is 0 Å². The van der Waals surface area contributed by atoms with Crippen LogP contribution in [0.15, 0.2) is 29.4 Å². The first-order valence-corrected chi connectivity index (χ1v) is 4.72. The molecule has 0 radical (unpaired) electrons. The number of ether oxygens (including phenoxy) is 1. The van der Waals surface area contributed by atoms with Crippen molar-refractivity contribution < 1.29 is 14.6 Å². The summed E-state index contributed by atoms with van der Waals surface area (Å²) in [5.41, 5.74) is 0.521. The number of allylic oxidation sites excluding steroid dienone is 1. The number of rotatable bonds is 6. The Morgan fingerprint density at radius 1 is 1.67 bits per heavy atom. The van der Waals surface area contributed by atoms with Gasteiger partial charge in [-0.25, -0.2) is 9.79 Å². The maximum absolute atomic E-state index is 10.6. The lowest BCUT2D eigenvalue weighted by Gasteiger charge is -2.01. The van der Waals surface area contributed by atoms with Crippen molar-refractivity contribution in [3.8, 4) is 0 Å². The van der Waals surface area contributed by atoms with Gasteiger partial charge in [-0.05, 0) is 19.4 Å². The van der Waals surface area contributed by atoms with Gasteiger partial charge in [-0.3, -0.25) is 0 Å². The second-order valence-electron chi connectivity index (χ2n) is 3.01. The van der Waals surface area contributed by atoms with Gasteiger partial charge in [-0.2, -0.15) is 0 Å². The van der Waals surface area contributed by atoms with Crippen molar-refractivity contribution in [3.05, 3.63) is 24.4 Å². The number of hydrogen-bond acceptors (Lipinski definition) is 3. The van der Waals surface area contributed by atoms with E-state index in [1.165, 1.54) is 0 Å². The third-order valence-corrected chi connectivity index (χ3v) is 1.79. The van der Waals surface area contributed by atoms with Crippen LogP contribution in [0.5, 0.6) is 0 Å². The van der Waals surface area contributed by atoms with E-state index in [1.807, 2.05) is 6.92 Å². The van der Waals surface area contributed by atoms with Crippen molar-refractivity contribution in [3.63, 3.8) is 0 Å². The second-order valence-corrected chi connectivity index (χ2v) is 3.01. The Morgan fingerprint density at radius 3 is 2.67 bits per heavy atom. The topological polar surface area (TPSA) is 58.9 Å². The molecule has 15 heavy (non-hydrogen) atoms. The molecule has 0 saturated heterocycles. The molecule has 84 valence electrons. The van der Waals surface area contributed by atoms with Crippen molar-refractivity contribution >= 4 is 11.7 Å². The van der Waals surface area contributed by atoms with E-state index in [0.717, 1.165) is 0 Å². The zero-order valence-corrected chi connectivity index (χ0v) is 9.36. The maximum Gasteiger partial charge on any atom is 0.350 e. The first kappa shape index (κ1) is 13.6. The normalized spacial score (nSPS) is 14.2. The van der Waals surface area contributed by atoms with Crippen molar-refractivity contribution in [1.82, 2.24) is 0 Å². The van der Waals surface area contributed by atoms with E-state index in [9.17, 15) is 4.79 Å². The monoisotopic (exact) mass is 211 g/mol. The molecule has 0 rings (SSSR count). The Hall–Kier alpha value is -1.42. The molecule has 0 aromatic rings. The number of carboxylic acids is 1. The highest BCUT2D eigenvalue weighted by Crippen LogP contribution is 2.01.